The molecule has 7 nitrogen and oxygen atoms in total. The van der Waals surface area contributed by atoms with Crippen molar-refractivity contribution in [3.05, 3.63) is 59.9 Å². The molecule has 0 spiro atoms. The van der Waals surface area contributed by atoms with Gasteiger partial charge in [0.2, 0.25) is 10.0 Å². The number of carbonyl (C=O) groups excluding carboxylic acids is 2. The highest BCUT2D eigenvalue weighted by Crippen LogP contribution is 2.19. The molecule has 0 unspecified atom stereocenters. The Balaban J connectivity index is 2.02. The van der Waals surface area contributed by atoms with E-state index in [9.17, 15) is 22.4 Å². The van der Waals surface area contributed by atoms with Crippen molar-refractivity contribution >= 4 is 27.6 Å². The topological polar surface area (TPSA) is 92.8 Å². The Hall–Kier alpha value is -2.78. The van der Waals surface area contributed by atoms with Crippen LogP contribution in [0.4, 0.5) is 10.1 Å². The molecule has 0 aliphatic rings. The molecule has 0 aromatic heterocycles. The number of anilines is 1. The molecular formula is C19H21FN2O5S. The quantitative estimate of drug-likeness (QED) is 0.678. The van der Waals surface area contributed by atoms with Crippen molar-refractivity contribution in [2.24, 2.45) is 0 Å². The van der Waals surface area contributed by atoms with Gasteiger partial charge in [-0.3, -0.25) is 4.79 Å². The molecule has 0 radical (unpaired) electrons. The molecule has 0 aliphatic heterocycles. The zero-order valence-electron chi connectivity index (χ0n) is 15.5. The van der Waals surface area contributed by atoms with Gasteiger partial charge in [0.25, 0.3) is 5.91 Å². The summed E-state index contributed by atoms with van der Waals surface area (Å²) < 4.78 is 44.4. The molecule has 0 heterocycles. The summed E-state index contributed by atoms with van der Waals surface area (Å²) in [6.45, 7) is 3.53. The van der Waals surface area contributed by atoms with Gasteiger partial charge in [-0.15, -0.1) is 0 Å². The normalized spacial score (nSPS) is 11.3. The molecule has 0 saturated heterocycles. The summed E-state index contributed by atoms with van der Waals surface area (Å²) in [6.07, 6.45) is 0. The highest BCUT2D eigenvalue weighted by Gasteiger charge is 2.22. The number of hydrogen-bond donors (Lipinski definition) is 1. The Labute approximate surface area is 163 Å². The van der Waals surface area contributed by atoms with Gasteiger partial charge < -0.3 is 10.1 Å². The molecule has 2 aromatic rings. The fraction of sp³-hybridized carbons (Fsp3) is 0.263. The second-order valence-electron chi connectivity index (χ2n) is 5.75. The summed E-state index contributed by atoms with van der Waals surface area (Å²) in [7, 11) is -3.66. The highest BCUT2D eigenvalue weighted by atomic mass is 32.2. The number of hydrogen-bond acceptors (Lipinski definition) is 5. The van der Waals surface area contributed by atoms with Gasteiger partial charge in [-0.1, -0.05) is 26.0 Å². The Bertz CT molecular complexity index is 958. The minimum Gasteiger partial charge on any atom is -0.452 e. The average molecular weight is 408 g/mol. The summed E-state index contributed by atoms with van der Waals surface area (Å²) in [5, 5.41) is 2.47. The van der Waals surface area contributed by atoms with Crippen LogP contribution in [0, 0.1) is 5.82 Å². The van der Waals surface area contributed by atoms with E-state index >= 15 is 0 Å². The summed E-state index contributed by atoms with van der Waals surface area (Å²) in [5.41, 5.74) is 0.236. The lowest BCUT2D eigenvalue weighted by atomic mass is 10.2. The van der Waals surface area contributed by atoms with Crippen LogP contribution in [-0.2, 0) is 19.6 Å². The van der Waals surface area contributed by atoms with E-state index in [0.717, 1.165) is 6.07 Å². The summed E-state index contributed by atoms with van der Waals surface area (Å²) in [4.78, 5) is 23.9. The first-order chi connectivity index (χ1) is 13.3. The van der Waals surface area contributed by atoms with E-state index in [1.165, 1.54) is 46.8 Å². The summed E-state index contributed by atoms with van der Waals surface area (Å²) in [6, 6.07) is 10.7. The maximum atomic E-state index is 13.1. The van der Waals surface area contributed by atoms with Crippen molar-refractivity contribution in [2.45, 2.75) is 18.7 Å². The van der Waals surface area contributed by atoms with Crippen LogP contribution in [-0.4, -0.2) is 44.3 Å². The Morgan fingerprint density at radius 3 is 2.39 bits per heavy atom. The van der Waals surface area contributed by atoms with Crippen molar-refractivity contribution < 1.29 is 27.1 Å². The molecule has 28 heavy (non-hydrogen) atoms. The molecule has 0 atom stereocenters. The van der Waals surface area contributed by atoms with Gasteiger partial charge in [0.1, 0.15) is 5.82 Å². The number of carbonyl (C=O) groups is 2. The van der Waals surface area contributed by atoms with Gasteiger partial charge >= 0.3 is 5.97 Å². The van der Waals surface area contributed by atoms with Gasteiger partial charge in [0.05, 0.1) is 10.5 Å². The molecule has 2 aromatic carbocycles. The van der Waals surface area contributed by atoms with Crippen LogP contribution >= 0.6 is 0 Å². The van der Waals surface area contributed by atoms with Gasteiger partial charge in [0.15, 0.2) is 6.61 Å². The van der Waals surface area contributed by atoms with Crippen LogP contribution < -0.4 is 5.32 Å². The van der Waals surface area contributed by atoms with Crippen LogP contribution in [0.15, 0.2) is 53.4 Å². The van der Waals surface area contributed by atoms with E-state index in [2.05, 4.69) is 5.32 Å². The van der Waals surface area contributed by atoms with E-state index in [0.29, 0.717) is 13.1 Å². The standard InChI is InChI=1S/C19H21FN2O5S/c1-3-22(4-2)28(25,26)17-10-6-9-16(12-17)21-18(23)13-27-19(24)14-7-5-8-15(20)11-14/h5-12H,3-4,13H2,1-2H3,(H,21,23). The first-order valence-corrected chi connectivity index (χ1v) is 10.0. The lowest BCUT2D eigenvalue weighted by Crippen LogP contribution is -2.30. The van der Waals surface area contributed by atoms with Crippen molar-refractivity contribution in [1.82, 2.24) is 4.31 Å². The molecule has 150 valence electrons. The number of halogens is 1. The number of benzene rings is 2. The van der Waals surface area contributed by atoms with E-state index in [-0.39, 0.29) is 16.1 Å². The number of esters is 1. The smallest absolute Gasteiger partial charge is 0.338 e. The maximum absolute atomic E-state index is 13.1. The summed E-state index contributed by atoms with van der Waals surface area (Å²) in [5.74, 6) is -2.08. The zero-order chi connectivity index (χ0) is 20.7. The third kappa shape index (κ3) is 5.37. The van der Waals surface area contributed by atoms with E-state index < -0.39 is 34.3 Å². The Kier molecular flexibility index (Phi) is 7.24. The predicted molar refractivity (Wildman–Crippen MR) is 102 cm³/mol. The fourth-order valence-corrected chi connectivity index (χ4v) is 3.98. The second-order valence-corrected chi connectivity index (χ2v) is 7.69. The van der Waals surface area contributed by atoms with Crippen molar-refractivity contribution in [3.8, 4) is 0 Å². The van der Waals surface area contributed by atoms with Crippen molar-refractivity contribution in [2.75, 3.05) is 25.0 Å². The molecule has 0 fully saturated rings. The maximum Gasteiger partial charge on any atom is 0.338 e. The monoisotopic (exact) mass is 408 g/mol. The fourth-order valence-electron chi connectivity index (χ4n) is 2.47. The third-order valence-electron chi connectivity index (χ3n) is 3.86. The third-order valence-corrected chi connectivity index (χ3v) is 5.90. The molecule has 0 saturated carbocycles. The number of nitrogens with zero attached hydrogens (tertiary/aromatic N) is 1. The second kappa shape index (κ2) is 9.43. The molecule has 0 bridgehead atoms. The zero-order valence-corrected chi connectivity index (χ0v) is 16.3. The first kappa shape index (κ1) is 21.5. The SMILES string of the molecule is CCN(CC)S(=O)(=O)c1cccc(NC(=O)COC(=O)c2cccc(F)c2)c1. The van der Waals surface area contributed by atoms with Crippen LogP contribution in [0.25, 0.3) is 0 Å². The molecule has 0 aliphatic carbocycles. The van der Waals surface area contributed by atoms with E-state index in [1.54, 1.807) is 13.8 Å². The van der Waals surface area contributed by atoms with Crippen molar-refractivity contribution in [3.63, 3.8) is 0 Å². The van der Waals surface area contributed by atoms with Gasteiger partial charge in [-0.25, -0.2) is 17.6 Å². The number of ether oxygens (including phenoxy) is 1. The lowest BCUT2D eigenvalue weighted by Gasteiger charge is -2.18. The number of rotatable bonds is 8. The van der Waals surface area contributed by atoms with Gasteiger partial charge in [0, 0.05) is 18.8 Å². The largest absolute Gasteiger partial charge is 0.452 e. The Morgan fingerprint density at radius 1 is 1.07 bits per heavy atom. The molecule has 1 N–H and O–H groups in total. The molecule has 2 rings (SSSR count). The lowest BCUT2D eigenvalue weighted by molar-refractivity contribution is -0.119. The van der Waals surface area contributed by atoms with Crippen molar-refractivity contribution in [1.29, 1.82) is 0 Å². The highest BCUT2D eigenvalue weighted by molar-refractivity contribution is 7.89. The first-order valence-electron chi connectivity index (χ1n) is 8.60. The minimum atomic E-state index is -3.66. The van der Waals surface area contributed by atoms with Gasteiger partial charge in [-0.2, -0.15) is 4.31 Å². The van der Waals surface area contributed by atoms with Crippen LogP contribution in [0.5, 0.6) is 0 Å². The van der Waals surface area contributed by atoms with E-state index in [4.69, 9.17) is 4.74 Å². The molecule has 1 amide bonds. The minimum absolute atomic E-state index is 0.0138. The van der Waals surface area contributed by atoms with Gasteiger partial charge in [-0.05, 0) is 36.4 Å². The number of sulfonamides is 1. The summed E-state index contributed by atoms with van der Waals surface area (Å²) >= 11 is 0. The number of nitrogens with one attached hydrogen (secondary N) is 1. The number of amides is 1. The molecule has 9 heteroatoms. The van der Waals surface area contributed by atoms with Crippen LogP contribution in [0.1, 0.15) is 24.2 Å². The predicted octanol–water partition coefficient (Wildman–Crippen LogP) is 2.65. The van der Waals surface area contributed by atoms with E-state index in [1.807, 2.05) is 0 Å². The molecular weight excluding hydrogens is 387 g/mol. The average Bonchev–Trinajstić information content (AvgIpc) is 2.67. The Morgan fingerprint density at radius 2 is 1.75 bits per heavy atom. The van der Waals surface area contributed by atoms with Crippen LogP contribution in [0.3, 0.4) is 0 Å². The van der Waals surface area contributed by atoms with Crippen LogP contribution in [0.2, 0.25) is 0 Å².